The van der Waals surface area contributed by atoms with Gasteiger partial charge in [-0.3, -0.25) is 9.59 Å². The van der Waals surface area contributed by atoms with Crippen molar-refractivity contribution in [1.82, 2.24) is 20.2 Å². The number of hydrogen-bond acceptors (Lipinski definition) is 5. The van der Waals surface area contributed by atoms with Crippen molar-refractivity contribution in [2.24, 2.45) is 6.98 Å². The number of rotatable bonds is 2. The molecule has 0 fully saturated rings. The van der Waals surface area contributed by atoms with Gasteiger partial charge >= 0.3 is 0 Å². The molecule has 1 aromatic heterocycles. The lowest BCUT2D eigenvalue weighted by molar-refractivity contribution is 0.0926. The number of carbonyl (C=O) groups excluding carboxylic acids is 2. The van der Waals surface area contributed by atoms with Crippen LogP contribution in [0.1, 0.15) is 24.8 Å². The number of carbonyl (C=O) groups is 2. The van der Waals surface area contributed by atoms with E-state index in [0.29, 0.717) is 4.68 Å². The zero-order valence-electron chi connectivity index (χ0n) is 15.0. The monoisotopic (exact) mass is 326 g/mol. The number of nitrogens with zero attached hydrogens (tertiary/aromatic N) is 5. The number of anilines is 1. The van der Waals surface area contributed by atoms with E-state index in [1.807, 2.05) is 0 Å². The molecule has 0 spiro atoms. The highest BCUT2D eigenvalue weighted by molar-refractivity contribution is 6.35. The molecule has 3 aromatic rings. The first-order chi connectivity index (χ1) is 12.8. The van der Waals surface area contributed by atoms with E-state index < -0.39 is 24.6 Å². The van der Waals surface area contributed by atoms with Crippen LogP contribution in [0, 0.1) is 5.82 Å². The van der Waals surface area contributed by atoms with Gasteiger partial charge in [0, 0.05) is 16.7 Å². The van der Waals surface area contributed by atoms with Gasteiger partial charge in [-0.05, 0) is 40.8 Å². The van der Waals surface area contributed by atoms with Gasteiger partial charge < -0.3 is 0 Å². The summed E-state index contributed by atoms with van der Waals surface area (Å²) in [5, 5.41) is 10.4. The molecule has 2 heterocycles. The van der Waals surface area contributed by atoms with Crippen LogP contribution in [-0.2, 0) is 6.98 Å². The molecule has 24 heavy (non-hydrogen) atoms. The first-order valence-electron chi connectivity index (χ1n) is 8.35. The van der Waals surface area contributed by atoms with Gasteiger partial charge in [0.2, 0.25) is 0 Å². The minimum atomic E-state index is -2.73. The van der Waals surface area contributed by atoms with E-state index in [0.717, 1.165) is 17.0 Å². The first-order valence-corrected chi connectivity index (χ1v) is 6.85. The largest absolute Gasteiger partial charge is 0.268 e. The Balaban J connectivity index is 1.92. The lowest BCUT2D eigenvalue weighted by Crippen LogP contribution is -2.30. The summed E-state index contributed by atoms with van der Waals surface area (Å²) in [5.74, 6) is -2.20. The van der Waals surface area contributed by atoms with Crippen molar-refractivity contribution < 1.29 is 18.1 Å². The zero-order valence-corrected chi connectivity index (χ0v) is 12.0. The molecule has 0 saturated carbocycles. The van der Waals surface area contributed by atoms with Crippen LogP contribution in [0.25, 0.3) is 11.4 Å². The van der Waals surface area contributed by atoms with Gasteiger partial charge in [-0.2, -0.15) is 0 Å². The topological polar surface area (TPSA) is 81.0 Å². The molecule has 4 rings (SSSR count). The van der Waals surface area contributed by atoms with Crippen LogP contribution in [0.2, 0.25) is 0 Å². The summed E-state index contributed by atoms with van der Waals surface area (Å²) >= 11 is 0. The van der Waals surface area contributed by atoms with Crippen LogP contribution in [0.15, 0.2) is 42.5 Å². The van der Waals surface area contributed by atoms with E-state index in [9.17, 15) is 14.0 Å². The van der Waals surface area contributed by atoms with Crippen molar-refractivity contribution in [3.05, 3.63) is 59.4 Å². The molecular weight excluding hydrogens is 313 g/mol. The molecule has 2 amide bonds. The van der Waals surface area contributed by atoms with Crippen LogP contribution < -0.4 is 4.90 Å². The van der Waals surface area contributed by atoms with Crippen molar-refractivity contribution in [3.63, 3.8) is 0 Å². The minimum absolute atomic E-state index is 0.0112. The molecule has 2 aromatic carbocycles. The van der Waals surface area contributed by atoms with Crippen molar-refractivity contribution >= 4 is 17.5 Å². The second kappa shape index (κ2) is 5.05. The maximum Gasteiger partial charge on any atom is 0.266 e. The fraction of sp³-hybridized carbons (Fsp3) is 0.0625. The molecular formula is C16H10FN5O2. The highest BCUT2D eigenvalue weighted by Gasteiger charge is 2.38. The number of tetrazole rings is 1. The van der Waals surface area contributed by atoms with E-state index in [-0.39, 0.29) is 28.2 Å². The Kier molecular flexibility index (Phi) is 2.35. The van der Waals surface area contributed by atoms with Gasteiger partial charge in [-0.1, -0.05) is 12.1 Å². The van der Waals surface area contributed by atoms with Crippen molar-refractivity contribution in [2.45, 2.75) is 0 Å². The summed E-state index contributed by atoms with van der Waals surface area (Å²) in [6.07, 6.45) is 0. The van der Waals surface area contributed by atoms with E-state index in [1.165, 1.54) is 18.2 Å². The van der Waals surface area contributed by atoms with E-state index in [4.69, 9.17) is 4.11 Å². The number of fused-ring (bicyclic) bond motifs is 1. The normalized spacial score (nSPS) is 15.9. The third kappa shape index (κ3) is 1.93. The molecule has 0 bridgehead atoms. The minimum Gasteiger partial charge on any atom is -0.268 e. The standard InChI is InChI=1S/C16H10FN5O2/c1-21-14(18-19-20-21)12-8-9(17)6-7-13(12)22-15(23)10-4-2-3-5-11(10)16(22)24/h2-8H,1H3/i1D3. The van der Waals surface area contributed by atoms with Gasteiger partial charge in [-0.25, -0.2) is 14.0 Å². The van der Waals surface area contributed by atoms with Gasteiger partial charge in [-0.15, -0.1) is 5.10 Å². The molecule has 0 N–H and O–H groups in total. The van der Waals surface area contributed by atoms with E-state index >= 15 is 0 Å². The Morgan fingerprint density at radius 3 is 2.42 bits per heavy atom. The Morgan fingerprint density at radius 1 is 1.04 bits per heavy atom. The van der Waals surface area contributed by atoms with Crippen LogP contribution >= 0.6 is 0 Å². The molecule has 1 aliphatic rings. The molecule has 1 aliphatic heterocycles. The maximum absolute atomic E-state index is 13.9. The fourth-order valence-electron chi connectivity index (χ4n) is 2.65. The van der Waals surface area contributed by atoms with Gasteiger partial charge in [0.05, 0.1) is 16.8 Å². The smallest absolute Gasteiger partial charge is 0.266 e. The predicted octanol–water partition coefficient (Wildman–Crippen LogP) is 1.82. The van der Waals surface area contributed by atoms with Gasteiger partial charge in [0.15, 0.2) is 5.82 Å². The summed E-state index contributed by atoms with van der Waals surface area (Å²) in [6, 6.07) is 9.50. The molecule has 7 nitrogen and oxygen atoms in total. The molecule has 0 unspecified atom stereocenters. The summed E-state index contributed by atoms with van der Waals surface area (Å²) in [5.41, 5.74) is 0.301. The molecule has 0 radical (unpaired) electrons. The first kappa shape index (κ1) is 11.2. The SMILES string of the molecule is [2H]C([2H])([2H])n1nnnc1-c1cc(F)ccc1N1C(=O)c2ccccc2C1=O. The van der Waals surface area contributed by atoms with Crippen LogP contribution in [0.4, 0.5) is 10.1 Å². The fourth-order valence-corrected chi connectivity index (χ4v) is 2.65. The highest BCUT2D eigenvalue weighted by atomic mass is 19.1. The van der Waals surface area contributed by atoms with Gasteiger partial charge in [0.25, 0.3) is 11.8 Å². The summed E-state index contributed by atoms with van der Waals surface area (Å²) < 4.78 is 37.0. The Bertz CT molecular complexity index is 1060. The molecule has 0 aliphatic carbocycles. The number of benzene rings is 2. The second-order valence-electron chi connectivity index (χ2n) is 5.07. The van der Waals surface area contributed by atoms with Crippen molar-refractivity contribution in [2.75, 3.05) is 4.90 Å². The molecule has 0 atom stereocenters. The summed E-state index contributed by atoms with van der Waals surface area (Å²) in [4.78, 5) is 26.3. The lowest BCUT2D eigenvalue weighted by atomic mass is 10.1. The van der Waals surface area contributed by atoms with Crippen LogP contribution in [0.3, 0.4) is 0 Å². The maximum atomic E-state index is 13.9. The summed E-state index contributed by atoms with van der Waals surface area (Å²) in [6.45, 7) is -2.73. The van der Waals surface area contributed by atoms with Crippen LogP contribution in [-0.4, -0.2) is 32.0 Å². The predicted molar refractivity (Wildman–Crippen MR) is 81.8 cm³/mol. The lowest BCUT2D eigenvalue weighted by Gasteiger charge is -2.17. The Labute approximate surface area is 139 Å². The molecule has 0 saturated heterocycles. The average Bonchev–Trinajstić information content (AvgIpc) is 3.20. The second-order valence-corrected chi connectivity index (χ2v) is 5.07. The zero-order chi connectivity index (χ0) is 19.3. The third-order valence-electron chi connectivity index (χ3n) is 3.70. The van der Waals surface area contributed by atoms with E-state index in [1.54, 1.807) is 12.1 Å². The number of amides is 2. The molecule has 118 valence electrons. The Hall–Kier alpha value is -3.42. The number of aryl methyl sites for hydroxylation is 1. The highest BCUT2D eigenvalue weighted by Crippen LogP contribution is 2.35. The van der Waals surface area contributed by atoms with Crippen LogP contribution in [0.5, 0.6) is 0 Å². The molecule has 8 heteroatoms. The average molecular weight is 326 g/mol. The van der Waals surface area contributed by atoms with Crippen molar-refractivity contribution in [1.29, 1.82) is 0 Å². The van der Waals surface area contributed by atoms with E-state index in [2.05, 4.69) is 15.5 Å². The number of halogens is 1. The third-order valence-corrected chi connectivity index (χ3v) is 3.70. The van der Waals surface area contributed by atoms with Gasteiger partial charge in [0.1, 0.15) is 5.82 Å². The number of hydrogen-bond donors (Lipinski definition) is 0. The number of aromatic nitrogens is 4. The van der Waals surface area contributed by atoms with Crippen molar-refractivity contribution in [3.8, 4) is 11.4 Å². The quantitative estimate of drug-likeness (QED) is 0.671. The number of imide groups is 1. The summed E-state index contributed by atoms with van der Waals surface area (Å²) in [7, 11) is 0. The Morgan fingerprint density at radius 2 is 1.75 bits per heavy atom.